The first kappa shape index (κ1) is 16.1. The molecule has 0 atom stereocenters. The van der Waals surface area contributed by atoms with Gasteiger partial charge in [0.15, 0.2) is 0 Å². The summed E-state index contributed by atoms with van der Waals surface area (Å²) in [4.78, 5) is 0. The molecule has 3 aromatic heterocycles. The molecular formula is C19H15N9Si. The van der Waals surface area contributed by atoms with Gasteiger partial charge in [0.2, 0.25) is 0 Å². The van der Waals surface area contributed by atoms with Crippen molar-refractivity contribution in [3.63, 3.8) is 0 Å². The van der Waals surface area contributed by atoms with E-state index in [-0.39, 0.29) is 0 Å². The summed E-state index contributed by atoms with van der Waals surface area (Å²) in [7, 11) is 0.735. The second kappa shape index (κ2) is 5.79. The molecule has 0 spiro atoms. The Morgan fingerprint density at radius 2 is 1.17 bits per heavy atom. The van der Waals surface area contributed by atoms with Crippen LogP contribution in [-0.4, -0.2) is 56.5 Å². The molecule has 3 aromatic carbocycles. The highest BCUT2D eigenvalue weighted by molar-refractivity contribution is 6.24. The Labute approximate surface area is 166 Å². The number of nitrogens with one attached hydrogen (secondary N) is 3. The summed E-state index contributed by atoms with van der Waals surface area (Å²) in [5.74, 6) is 0. The van der Waals surface area contributed by atoms with E-state index < -0.39 is 5.04 Å². The van der Waals surface area contributed by atoms with Crippen molar-refractivity contribution >= 4 is 43.3 Å². The first-order chi connectivity index (χ1) is 14.3. The van der Waals surface area contributed by atoms with E-state index in [0.717, 1.165) is 60.0 Å². The second-order valence-corrected chi connectivity index (χ2v) is 8.66. The second-order valence-electron chi connectivity index (χ2n) is 7.16. The topological polar surface area (TPSA) is 125 Å². The molecular weight excluding hydrogens is 382 g/mol. The van der Waals surface area contributed by atoms with Gasteiger partial charge in [0.05, 0.1) is 16.6 Å². The van der Waals surface area contributed by atoms with E-state index in [0.29, 0.717) is 0 Å². The lowest BCUT2D eigenvalue weighted by atomic mass is 9.81. The van der Waals surface area contributed by atoms with Crippen LogP contribution in [-0.2, 0) is 5.04 Å². The third-order valence-electron chi connectivity index (χ3n) is 5.69. The van der Waals surface area contributed by atoms with Gasteiger partial charge >= 0.3 is 0 Å². The van der Waals surface area contributed by atoms with Gasteiger partial charge < -0.3 is 0 Å². The quantitative estimate of drug-likeness (QED) is 0.304. The maximum Gasteiger partial charge on any atom is 0.117 e. The van der Waals surface area contributed by atoms with Gasteiger partial charge in [0, 0.05) is 15.3 Å². The molecule has 0 radical (unpaired) electrons. The Morgan fingerprint density at radius 3 is 1.83 bits per heavy atom. The molecule has 6 aromatic rings. The van der Waals surface area contributed by atoms with Crippen molar-refractivity contribution < 1.29 is 0 Å². The zero-order valence-electron chi connectivity index (χ0n) is 15.4. The van der Waals surface area contributed by atoms with Crippen molar-refractivity contribution in [2.45, 2.75) is 5.04 Å². The molecule has 0 saturated heterocycles. The van der Waals surface area contributed by atoms with Gasteiger partial charge in [0.1, 0.15) is 16.6 Å². The van der Waals surface area contributed by atoms with Crippen molar-refractivity contribution in [2.24, 2.45) is 0 Å². The van der Waals surface area contributed by atoms with Crippen LogP contribution in [0, 0.1) is 0 Å². The summed E-state index contributed by atoms with van der Waals surface area (Å²) < 4.78 is 0. The first-order valence-corrected chi connectivity index (χ1v) is 10.2. The number of H-pyrrole nitrogens is 3. The highest BCUT2D eigenvalue weighted by Gasteiger charge is 2.37. The number of aromatic nitrogens is 9. The fraction of sp³-hybridized carbons (Fsp3) is 0.0526. The smallest absolute Gasteiger partial charge is 0.117 e. The van der Waals surface area contributed by atoms with Gasteiger partial charge in [-0.1, -0.05) is 52.0 Å². The molecule has 0 amide bonds. The van der Waals surface area contributed by atoms with E-state index in [2.05, 4.69) is 64.4 Å². The molecule has 0 aliphatic carbocycles. The van der Waals surface area contributed by atoms with Crippen LogP contribution >= 0.6 is 0 Å². The van der Waals surface area contributed by atoms with Crippen molar-refractivity contribution in [3.8, 4) is 0 Å². The van der Waals surface area contributed by atoms with E-state index in [1.54, 1.807) is 0 Å². The Balaban J connectivity index is 1.80. The normalized spacial score (nSPS) is 12.4. The monoisotopic (exact) mass is 397 g/mol. The first-order valence-electron chi connectivity index (χ1n) is 9.17. The van der Waals surface area contributed by atoms with E-state index >= 15 is 0 Å². The van der Waals surface area contributed by atoms with Gasteiger partial charge in [-0.3, -0.25) is 15.3 Å². The minimum Gasteiger partial charge on any atom is -0.258 e. The SMILES string of the molecule is [SiH3]C(c1cccc2[nH]nnc12)(c1cccc2[nH]nnc12)c1cccc2nn[nH]c12. The van der Waals surface area contributed by atoms with E-state index in [1.165, 1.54) is 0 Å². The van der Waals surface area contributed by atoms with E-state index in [1.807, 2.05) is 36.4 Å². The number of rotatable bonds is 3. The molecule has 10 heteroatoms. The average Bonchev–Trinajstić information content (AvgIpc) is 3.51. The van der Waals surface area contributed by atoms with Gasteiger partial charge in [-0.15, -0.1) is 15.3 Å². The number of nitrogens with zero attached hydrogens (tertiary/aromatic N) is 6. The molecule has 0 fully saturated rings. The van der Waals surface area contributed by atoms with Crippen molar-refractivity contribution in [3.05, 3.63) is 71.3 Å². The van der Waals surface area contributed by atoms with Crippen LogP contribution < -0.4 is 0 Å². The molecule has 140 valence electrons. The summed E-state index contributed by atoms with van der Waals surface area (Å²) in [6.45, 7) is 0. The largest absolute Gasteiger partial charge is 0.258 e. The van der Waals surface area contributed by atoms with Crippen LogP contribution in [0.15, 0.2) is 54.6 Å². The molecule has 6 rings (SSSR count). The van der Waals surface area contributed by atoms with Crippen LogP contribution in [0.1, 0.15) is 16.7 Å². The fourth-order valence-corrected chi connectivity index (χ4v) is 5.49. The molecule has 9 nitrogen and oxygen atoms in total. The molecule has 3 N–H and O–H groups in total. The summed E-state index contributed by atoms with van der Waals surface area (Å²) >= 11 is 0. The predicted octanol–water partition coefficient (Wildman–Crippen LogP) is 1.16. The summed E-state index contributed by atoms with van der Waals surface area (Å²) in [6.07, 6.45) is 0. The predicted molar refractivity (Wildman–Crippen MR) is 111 cm³/mol. The number of hydrogen-bond donors (Lipinski definition) is 3. The maximum atomic E-state index is 4.40. The van der Waals surface area contributed by atoms with Crippen molar-refractivity contribution in [1.29, 1.82) is 0 Å². The molecule has 0 aliphatic rings. The van der Waals surface area contributed by atoms with E-state index in [4.69, 9.17) is 0 Å². The highest BCUT2D eigenvalue weighted by atomic mass is 28.1. The molecule has 3 heterocycles. The lowest BCUT2D eigenvalue weighted by Crippen LogP contribution is -2.31. The number of aromatic amines is 3. The number of fused-ring (bicyclic) bond motifs is 3. The minimum atomic E-state index is -0.486. The molecule has 29 heavy (non-hydrogen) atoms. The maximum absolute atomic E-state index is 4.40. The van der Waals surface area contributed by atoms with Crippen LogP contribution in [0.4, 0.5) is 0 Å². The van der Waals surface area contributed by atoms with Crippen LogP contribution in [0.5, 0.6) is 0 Å². The van der Waals surface area contributed by atoms with E-state index in [9.17, 15) is 0 Å². The Hall–Kier alpha value is -3.92. The molecule has 0 aliphatic heterocycles. The summed E-state index contributed by atoms with van der Waals surface area (Å²) in [6, 6.07) is 18.3. The number of benzene rings is 3. The fourth-order valence-electron chi connectivity index (χ4n) is 4.27. The van der Waals surface area contributed by atoms with Crippen LogP contribution in [0.25, 0.3) is 33.1 Å². The summed E-state index contributed by atoms with van der Waals surface area (Å²) in [5, 5.41) is 33.7. The Bertz CT molecular complexity index is 1320. The van der Waals surface area contributed by atoms with Crippen LogP contribution in [0.2, 0.25) is 0 Å². The molecule has 0 bridgehead atoms. The highest BCUT2D eigenvalue weighted by Crippen LogP contribution is 2.42. The Kier molecular flexibility index (Phi) is 3.21. The lowest BCUT2D eigenvalue weighted by Gasteiger charge is -2.32. The third-order valence-corrected chi connectivity index (χ3v) is 7.31. The zero-order valence-corrected chi connectivity index (χ0v) is 17.4. The van der Waals surface area contributed by atoms with Gasteiger partial charge in [0.25, 0.3) is 0 Å². The standard InChI is InChI=1S/C19H15N9Si/c29-19(10-4-1-7-13-16(10)23-26-20-13,11-5-2-8-14-17(11)24-27-21-14)12-6-3-9-15-18(12)25-28-22-15/h1-9H,29H3,(H,20,23,26)(H,21,24,27)(H,22,25,28). The number of para-hydroxylation sites is 1. The minimum absolute atomic E-state index is 0.486. The number of hydrogen-bond acceptors (Lipinski definition) is 6. The Morgan fingerprint density at radius 1 is 0.621 bits per heavy atom. The van der Waals surface area contributed by atoms with Crippen molar-refractivity contribution in [2.75, 3.05) is 0 Å². The average molecular weight is 397 g/mol. The van der Waals surface area contributed by atoms with Crippen molar-refractivity contribution in [1.82, 2.24) is 46.2 Å². The van der Waals surface area contributed by atoms with Gasteiger partial charge in [-0.05, 0) is 34.9 Å². The van der Waals surface area contributed by atoms with Gasteiger partial charge in [-0.25, -0.2) is 0 Å². The molecule has 0 unspecified atom stereocenters. The van der Waals surface area contributed by atoms with Crippen LogP contribution in [0.3, 0.4) is 0 Å². The summed E-state index contributed by atoms with van der Waals surface area (Å²) in [5.41, 5.74) is 8.40. The third kappa shape index (κ3) is 2.14. The zero-order chi connectivity index (χ0) is 19.4. The lowest BCUT2D eigenvalue weighted by molar-refractivity contribution is 0.881. The van der Waals surface area contributed by atoms with Gasteiger partial charge in [-0.2, -0.15) is 0 Å². The molecule has 0 saturated carbocycles.